The van der Waals surface area contributed by atoms with Gasteiger partial charge in [-0.15, -0.1) is 0 Å². The van der Waals surface area contributed by atoms with Crippen molar-refractivity contribution >= 4 is 11.8 Å². The Balaban J connectivity index is 1.84. The minimum Gasteiger partial charge on any atom is -0.465 e. The Morgan fingerprint density at radius 3 is 2.76 bits per heavy atom. The van der Waals surface area contributed by atoms with Gasteiger partial charge in [-0.1, -0.05) is 0 Å². The largest absolute Gasteiger partial charge is 0.465 e. The third kappa shape index (κ3) is 1.27. The zero-order valence-corrected chi connectivity index (χ0v) is 10.2. The summed E-state index contributed by atoms with van der Waals surface area (Å²) in [5, 5.41) is 0. The first-order valence-corrected chi connectivity index (χ1v) is 5.99. The summed E-state index contributed by atoms with van der Waals surface area (Å²) in [4.78, 5) is 24.1. The van der Waals surface area contributed by atoms with E-state index in [1.807, 2.05) is 0 Å². The summed E-state index contributed by atoms with van der Waals surface area (Å²) in [6.07, 6.45) is -0.319. The van der Waals surface area contributed by atoms with E-state index in [9.17, 15) is 9.59 Å². The van der Waals surface area contributed by atoms with Crippen molar-refractivity contribution in [1.82, 2.24) is 0 Å². The van der Waals surface area contributed by atoms with Gasteiger partial charge in [0.05, 0.1) is 12.7 Å². The highest BCUT2D eigenvalue weighted by Crippen LogP contribution is 2.65. The van der Waals surface area contributed by atoms with Crippen LogP contribution in [0.2, 0.25) is 0 Å². The van der Waals surface area contributed by atoms with E-state index in [0.717, 1.165) is 0 Å². The second-order valence-electron chi connectivity index (χ2n) is 5.39. The van der Waals surface area contributed by atoms with Gasteiger partial charge in [-0.3, -0.25) is 9.59 Å². The van der Waals surface area contributed by atoms with E-state index in [-0.39, 0.29) is 17.8 Å². The molecule has 3 aliphatic rings. The molecule has 94 valence electrons. The standard InChI is InChI=1S/C12H16O5/c1-4-15-10(14)12-5-6(12)7-8(9(12)13)17-11(2,3)16-7/h6-8H,4-5H2,1-3H3/t6-,7-,8-,12+/m1/s1. The quantitative estimate of drug-likeness (QED) is 0.524. The lowest BCUT2D eigenvalue weighted by molar-refractivity contribution is -0.170. The third-order valence-corrected chi connectivity index (χ3v) is 3.88. The Kier molecular flexibility index (Phi) is 2.03. The van der Waals surface area contributed by atoms with Crippen LogP contribution in [0.1, 0.15) is 27.2 Å². The van der Waals surface area contributed by atoms with E-state index in [1.165, 1.54) is 0 Å². The number of fused-ring (bicyclic) bond motifs is 3. The topological polar surface area (TPSA) is 61.8 Å². The summed E-state index contributed by atoms with van der Waals surface area (Å²) in [5.74, 6) is -1.35. The lowest BCUT2D eigenvalue weighted by Crippen LogP contribution is -2.35. The maximum absolute atomic E-state index is 12.2. The van der Waals surface area contributed by atoms with Gasteiger partial charge in [0.25, 0.3) is 0 Å². The molecule has 0 aromatic carbocycles. The number of rotatable bonds is 2. The number of ether oxygens (including phenoxy) is 3. The molecule has 1 saturated heterocycles. The van der Waals surface area contributed by atoms with Gasteiger partial charge >= 0.3 is 5.97 Å². The summed E-state index contributed by atoms with van der Waals surface area (Å²) in [6.45, 7) is 5.60. The predicted octanol–water partition coefficient (Wildman–Crippen LogP) is 0.659. The van der Waals surface area contributed by atoms with Gasteiger partial charge in [0, 0.05) is 5.92 Å². The molecule has 0 unspecified atom stereocenters. The zero-order valence-electron chi connectivity index (χ0n) is 10.2. The summed E-state index contributed by atoms with van der Waals surface area (Å²) in [5.41, 5.74) is -0.957. The summed E-state index contributed by atoms with van der Waals surface area (Å²) in [6, 6.07) is 0. The van der Waals surface area contributed by atoms with Crippen LogP contribution in [0.25, 0.3) is 0 Å². The molecule has 2 aliphatic carbocycles. The molecule has 3 rings (SSSR count). The molecule has 1 aliphatic heterocycles. The molecule has 0 N–H and O–H groups in total. The van der Waals surface area contributed by atoms with Crippen molar-refractivity contribution in [3.05, 3.63) is 0 Å². The average Bonchev–Trinajstić information content (AvgIpc) is 2.85. The Bertz CT molecular complexity index is 402. The maximum atomic E-state index is 12.2. The van der Waals surface area contributed by atoms with Gasteiger partial charge in [-0.25, -0.2) is 0 Å². The molecule has 5 nitrogen and oxygen atoms in total. The molecule has 0 aromatic heterocycles. The molecule has 0 aromatic rings. The third-order valence-electron chi connectivity index (χ3n) is 3.88. The predicted molar refractivity (Wildman–Crippen MR) is 56.0 cm³/mol. The van der Waals surface area contributed by atoms with E-state index in [2.05, 4.69) is 0 Å². The minimum atomic E-state index is -0.957. The fourth-order valence-electron chi connectivity index (χ4n) is 3.10. The Morgan fingerprint density at radius 1 is 1.47 bits per heavy atom. The molecule has 17 heavy (non-hydrogen) atoms. The second kappa shape index (κ2) is 3.09. The maximum Gasteiger partial charge on any atom is 0.320 e. The van der Waals surface area contributed by atoms with Crippen molar-refractivity contribution in [2.75, 3.05) is 6.61 Å². The molecule has 0 amide bonds. The highest BCUT2D eigenvalue weighted by molar-refractivity contribution is 6.12. The number of ketones is 1. The van der Waals surface area contributed by atoms with Crippen molar-refractivity contribution in [2.24, 2.45) is 11.3 Å². The molecule has 0 bridgehead atoms. The molecular formula is C12H16O5. The highest BCUT2D eigenvalue weighted by atomic mass is 16.8. The fourth-order valence-corrected chi connectivity index (χ4v) is 3.10. The monoisotopic (exact) mass is 240 g/mol. The Morgan fingerprint density at radius 2 is 2.18 bits per heavy atom. The van der Waals surface area contributed by atoms with Crippen LogP contribution < -0.4 is 0 Å². The second-order valence-corrected chi connectivity index (χ2v) is 5.39. The van der Waals surface area contributed by atoms with E-state index < -0.39 is 23.3 Å². The molecule has 0 spiro atoms. The van der Waals surface area contributed by atoms with Gasteiger partial charge in [0.2, 0.25) is 0 Å². The number of esters is 1. The molecule has 4 atom stereocenters. The van der Waals surface area contributed by atoms with Gasteiger partial charge in [-0.05, 0) is 27.2 Å². The van der Waals surface area contributed by atoms with Gasteiger partial charge in [-0.2, -0.15) is 0 Å². The van der Waals surface area contributed by atoms with Crippen molar-refractivity contribution in [2.45, 2.75) is 45.2 Å². The zero-order chi connectivity index (χ0) is 12.4. The highest BCUT2D eigenvalue weighted by Gasteiger charge is 2.79. The number of carbonyl (C=O) groups is 2. The number of hydrogen-bond acceptors (Lipinski definition) is 5. The molecule has 0 radical (unpaired) electrons. The first-order chi connectivity index (χ1) is 7.92. The van der Waals surface area contributed by atoms with Gasteiger partial charge in [0.15, 0.2) is 11.6 Å². The number of Topliss-reactive ketones (excluding diaryl/α,β-unsaturated/α-hetero) is 1. The first-order valence-electron chi connectivity index (χ1n) is 5.99. The lowest BCUT2D eigenvalue weighted by atomic mass is 10.0. The average molecular weight is 240 g/mol. The lowest BCUT2D eigenvalue weighted by Gasteiger charge is -2.19. The number of carbonyl (C=O) groups excluding carboxylic acids is 2. The van der Waals surface area contributed by atoms with Crippen LogP contribution in [0.4, 0.5) is 0 Å². The summed E-state index contributed by atoms with van der Waals surface area (Å²) >= 11 is 0. The SMILES string of the molecule is CCOC(=O)[C@@]12C[C@@H]1[C@H]1OC(C)(C)O[C@H]1C2=O. The van der Waals surface area contributed by atoms with Crippen LogP contribution in [-0.4, -0.2) is 36.4 Å². The summed E-state index contributed by atoms with van der Waals surface area (Å²) in [7, 11) is 0. The van der Waals surface area contributed by atoms with Crippen LogP contribution in [-0.2, 0) is 23.8 Å². The van der Waals surface area contributed by atoms with Crippen molar-refractivity contribution < 1.29 is 23.8 Å². The molecule has 3 fully saturated rings. The molecule has 1 heterocycles. The smallest absolute Gasteiger partial charge is 0.320 e. The van der Waals surface area contributed by atoms with Crippen molar-refractivity contribution in [3.8, 4) is 0 Å². The van der Waals surface area contributed by atoms with Crippen LogP contribution in [0, 0.1) is 11.3 Å². The van der Waals surface area contributed by atoms with Gasteiger partial charge in [0.1, 0.15) is 11.5 Å². The number of hydrogen-bond donors (Lipinski definition) is 0. The Labute approximate surface area is 99.4 Å². The fraction of sp³-hybridized carbons (Fsp3) is 0.833. The normalized spacial score (nSPS) is 45.4. The van der Waals surface area contributed by atoms with Crippen molar-refractivity contribution in [1.29, 1.82) is 0 Å². The summed E-state index contributed by atoms with van der Waals surface area (Å²) < 4.78 is 16.2. The molecular weight excluding hydrogens is 224 g/mol. The van der Waals surface area contributed by atoms with Crippen LogP contribution in [0.5, 0.6) is 0 Å². The first kappa shape index (κ1) is 11.2. The minimum absolute atomic E-state index is 0.0548. The van der Waals surface area contributed by atoms with Crippen LogP contribution in [0.15, 0.2) is 0 Å². The van der Waals surface area contributed by atoms with Gasteiger partial charge < -0.3 is 14.2 Å². The van der Waals surface area contributed by atoms with E-state index in [1.54, 1.807) is 20.8 Å². The van der Waals surface area contributed by atoms with Crippen LogP contribution >= 0.6 is 0 Å². The van der Waals surface area contributed by atoms with Crippen LogP contribution in [0.3, 0.4) is 0 Å². The van der Waals surface area contributed by atoms with E-state index in [0.29, 0.717) is 13.0 Å². The Hall–Kier alpha value is -0.940. The molecule has 2 saturated carbocycles. The van der Waals surface area contributed by atoms with E-state index >= 15 is 0 Å². The van der Waals surface area contributed by atoms with Crippen molar-refractivity contribution in [3.63, 3.8) is 0 Å². The molecule has 5 heteroatoms. The van der Waals surface area contributed by atoms with E-state index in [4.69, 9.17) is 14.2 Å².